The van der Waals surface area contributed by atoms with Crippen LogP contribution in [-0.2, 0) is 0 Å². The van der Waals surface area contributed by atoms with Crippen LogP contribution in [0.1, 0.15) is 11.1 Å². The number of benzene rings is 2. The lowest BCUT2D eigenvalue weighted by Gasteiger charge is -2.08. The lowest BCUT2D eigenvalue weighted by molar-refractivity contribution is 1.39. The van der Waals surface area contributed by atoms with E-state index in [-0.39, 0.29) is 0 Å². The number of rotatable bonds is 0. The van der Waals surface area contributed by atoms with Gasteiger partial charge in [-0.1, -0.05) is 35.8 Å². The molecule has 2 aromatic rings. The molecule has 0 aliphatic heterocycles. The number of fused-ring (bicyclic) bond motifs is 1. The van der Waals surface area contributed by atoms with Crippen molar-refractivity contribution in [1.82, 2.24) is 0 Å². The van der Waals surface area contributed by atoms with Crippen LogP contribution in [0, 0.1) is 13.8 Å². The largest absolute Gasteiger partial charge is 0.140 e. The molecule has 0 amide bonds. The highest BCUT2D eigenvalue weighted by Gasteiger charge is 2.01. The Balaban J connectivity index is 2.97. The minimum atomic E-state index is 1.37. The quantitative estimate of drug-likeness (QED) is 0.525. The molecule has 0 aromatic heterocycles. The van der Waals surface area contributed by atoms with Gasteiger partial charge in [-0.3, -0.25) is 0 Å². The van der Waals surface area contributed by atoms with Crippen molar-refractivity contribution in [3.8, 4) is 0 Å². The summed E-state index contributed by atoms with van der Waals surface area (Å²) in [7, 11) is 2.18. The first-order valence-electron chi connectivity index (χ1n) is 4.65. The Bertz CT molecular complexity index is 458. The average Bonchev–Trinajstić information content (AvgIpc) is 2.15. The van der Waals surface area contributed by atoms with Gasteiger partial charge >= 0.3 is 0 Å². The molecule has 0 aliphatic carbocycles. The molecule has 1 heteroatoms. The van der Waals surface area contributed by atoms with Gasteiger partial charge in [0.05, 0.1) is 0 Å². The first kappa shape index (κ1) is 8.37. The zero-order chi connectivity index (χ0) is 9.42. The summed E-state index contributed by atoms with van der Waals surface area (Å²) in [5.74, 6) is 0. The normalized spacial score (nSPS) is 10.6. The summed E-state index contributed by atoms with van der Waals surface area (Å²) in [6.07, 6.45) is 0. The average molecular weight is 168 g/mol. The van der Waals surface area contributed by atoms with Crippen LogP contribution in [0.3, 0.4) is 0 Å². The van der Waals surface area contributed by atoms with Crippen LogP contribution in [-0.4, -0.2) is 7.85 Å². The predicted octanol–water partition coefficient (Wildman–Crippen LogP) is 1.72. The third-order valence-electron chi connectivity index (χ3n) is 2.78. The van der Waals surface area contributed by atoms with Crippen LogP contribution < -0.4 is 5.46 Å². The third-order valence-corrected chi connectivity index (χ3v) is 2.78. The van der Waals surface area contributed by atoms with E-state index in [0.717, 1.165) is 0 Å². The van der Waals surface area contributed by atoms with E-state index in [1.54, 1.807) is 0 Å². The molecule has 2 aromatic carbocycles. The predicted molar refractivity (Wildman–Crippen MR) is 61.6 cm³/mol. The molecule has 0 saturated carbocycles. The van der Waals surface area contributed by atoms with Crippen molar-refractivity contribution in [1.29, 1.82) is 0 Å². The van der Waals surface area contributed by atoms with Gasteiger partial charge in [-0.2, -0.15) is 0 Å². The smallest absolute Gasteiger partial charge is 0.0810 e. The molecular weight excluding hydrogens is 155 g/mol. The Morgan fingerprint density at radius 1 is 1.00 bits per heavy atom. The summed E-state index contributed by atoms with van der Waals surface area (Å²) in [5, 5.41) is 2.77. The van der Waals surface area contributed by atoms with E-state index in [0.29, 0.717) is 0 Å². The van der Waals surface area contributed by atoms with Gasteiger partial charge in [-0.05, 0) is 35.7 Å². The summed E-state index contributed by atoms with van der Waals surface area (Å²) in [6.45, 7) is 4.37. The highest BCUT2D eigenvalue weighted by atomic mass is 14.0. The fourth-order valence-corrected chi connectivity index (χ4v) is 1.88. The van der Waals surface area contributed by atoms with Crippen molar-refractivity contribution in [2.45, 2.75) is 13.8 Å². The Morgan fingerprint density at radius 2 is 1.62 bits per heavy atom. The number of aryl methyl sites for hydroxylation is 2. The van der Waals surface area contributed by atoms with Crippen LogP contribution in [0.5, 0.6) is 0 Å². The first-order valence-corrected chi connectivity index (χ1v) is 4.65. The van der Waals surface area contributed by atoms with E-state index in [1.807, 2.05) is 0 Å². The standard InChI is InChI=1S/C12H13B/c1-8-7-12(13)11-6-4-3-5-10(11)9(8)2/h3-7H,13H2,1-2H3. The van der Waals surface area contributed by atoms with E-state index >= 15 is 0 Å². The van der Waals surface area contributed by atoms with E-state index in [2.05, 4.69) is 52.0 Å². The molecule has 0 fully saturated rings. The van der Waals surface area contributed by atoms with Gasteiger partial charge < -0.3 is 0 Å². The maximum absolute atomic E-state index is 2.26. The lowest BCUT2D eigenvalue weighted by atomic mass is 9.86. The fourth-order valence-electron chi connectivity index (χ4n) is 1.88. The second kappa shape index (κ2) is 2.92. The second-order valence-electron chi connectivity index (χ2n) is 3.68. The van der Waals surface area contributed by atoms with Crippen LogP contribution in [0.15, 0.2) is 30.3 Å². The fraction of sp³-hybridized carbons (Fsp3) is 0.167. The Hall–Kier alpha value is -1.24. The summed E-state index contributed by atoms with van der Waals surface area (Å²) >= 11 is 0. The van der Waals surface area contributed by atoms with E-state index in [4.69, 9.17) is 0 Å². The molecule has 0 aliphatic rings. The summed E-state index contributed by atoms with van der Waals surface area (Å²) in [6, 6.07) is 10.9. The number of hydrogen-bond donors (Lipinski definition) is 0. The monoisotopic (exact) mass is 168 g/mol. The van der Waals surface area contributed by atoms with Crippen molar-refractivity contribution < 1.29 is 0 Å². The van der Waals surface area contributed by atoms with E-state index < -0.39 is 0 Å². The zero-order valence-electron chi connectivity index (χ0n) is 8.39. The van der Waals surface area contributed by atoms with Gasteiger partial charge in [0, 0.05) is 0 Å². The third kappa shape index (κ3) is 1.25. The van der Waals surface area contributed by atoms with Crippen molar-refractivity contribution in [2.75, 3.05) is 0 Å². The lowest BCUT2D eigenvalue weighted by Crippen LogP contribution is -2.05. The maximum Gasteiger partial charge on any atom is 0.140 e. The van der Waals surface area contributed by atoms with Crippen LogP contribution in [0.25, 0.3) is 10.8 Å². The molecule has 0 nitrogen and oxygen atoms in total. The van der Waals surface area contributed by atoms with Crippen molar-refractivity contribution in [2.24, 2.45) is 0 Å². The van der Waals surface area contributed by atoms with Gasteiger partial charge in [0.2, 0.25) is 0 Å². The van der Waals surface area contributed by atoms with Gasteiger partial charge in [-0.25, -0.2) is 0 Å². The SMILES string of the molecule is Bc1cc(C)c(C)c2ccccc12. The summed E-state index contributed by atoms with van der Waals surface area (Å²) < 4.78 is 0. The molecule has 13 heavy (non-hydrogen) atoms. The molecule has 0 unspecified atom stereocenters. The maximum atomic E-state index is 2.26. The van der Waals surface area contributed by atoms with Gasteiger partial charge in [-0.15, -0.1) is 0 Å². The van der Waals surface area contributed by atoms with E-state index in [9.17, 15) is 0 Å². The Labute approximate surface area is 80.0 Å². The molecule has 0 heterocycles. The van der Waals surface area contributed by atoms with Crippen LogP contribution in [0.4, 0.5) is 0 Å². The van der Waals surface area contributed by atoms with Crippen molar-refractivity contribution >= 4 is 24.1 Å². The zero-order valence-corrected chi connectivity index (χ0v) is 8.39. The molecule has 0 saturated heterocycles. The minimum Gasteiger partial charge on any atom is -0.0810 e. The van der Waals surface area contributed by atoms with Gasteiger partial charge in [0.1, 0.15) is 7.85 Å². The minimum absolute atomic E-state index is 1.37. The van der Waals surface area contributed by atoms with Gasteiger partial charge in [0.15, 0.2) is 0 Å². The second-order valence-corrected chi connectivity index (χ2v) is 3.68. The van der Waals surface area contributed by atoms with E-state index in [1.165, 1.54) is 27.4 Å². The summed E-state index contributed by atoms with van der Waals surface area (Å²) in [4.78, 5) is 0. The highest BCUT2D eigenvalue weighted by Crippen LogP contribution is 2.18. The van der Waals surface area contributed by atoms with Gasteiger partial charge in [0.25, 0.3) is 0 Å². The number of hydrogen-bond acceptors (Lipinski definition) is 0. The molecule has 0 atom stereocenters. The molecule has 2 rings (SSSR count). The highest BCUT2D eigenvalue weighted by molar-refractivity contribution is 6.39. The Morgan fingerprint density at radius 3 is 2.31 bits per heavy atom. The van der Waals surface area contributed by atoms with Crippen molar-refractivity contribution in [3.63, 3.8) is 0 Å². The molecule has 0 spiro atoms. The van der Waals surface area contributed by atoms with Crippen LogP contribution >= 0.6 is 0 Å². The molecule has 0 radical (unpaired) electrons. The Kier molecular flexibility index (Phi) is 1.88. The van der Waals surface area contributed by atoms with Crippen LogP contribution in [0.2, 0.25) is 0 Å². The summed E-state index contributed by atoms with van der Waals surface area (Å²) in [5.41, 5.74) is 4.16. The van der Waals surface area contributed by atoms with Crippen molar-refractivity contribution in [3.05, 3.63) is 41.5 Å². The molecule has 0 N–H and O–H groups in total. The molecule has 64 valence electrons. The topological polar surface area (TPSA) is 0 Å². The molecule has 0 bridgehead atoms. The first-order chi connectivity index (χ1) is 6.20. The molecular formula is C12H13B.